The van der Waals surface area contributed by atoms with Gasteiger partial charge < -0.3 is 10.2 Å². The molecule has 0 bridgehead atoms. The summed E-state index contributed by atoms with van der Waals surface area (Å²) >= 11 is 0. The van der Waals surface area contributed by atoms with E-state index in [0.717, 1.165) is 24.4 Å². The molecule has 2 N–H and O–H groups in total. The Hall–Kier alpha value is -0.850. The van der Waals surface area contributed by atoms with Crippen molar-refractivity contribution in [2.24, 2.45) is 5.73 Å². The molecular weight excluding hydrogens is 240 g/mol. The van der Waals surface area contributed by atoms with Gasteiger partial charge in [-0.05, 0) is 19.0 Å². The van der Waals surface area contributed by atoms with Crippen molar-refractivity contribution in [3.8, 4) is 0 Å². The Morgan fingerprint density at radius 3 is 2.94 bits per heavy atom. The van der Waals surface area contributed by atoms with Crippen LogP contribution in [0, 0.1) is 0 Å². The molecule has 0 atom stereocenters. The van der Waals surface area contributed by atoms with E-state index in [1.807, 2.05) is 6.07 Å². The van der Waals surface area contributed by atoms with E-state index in [-0.39, 0.29) is 5.75 Å². The van der Waals surface area contributed by atoms with Crippen LogP contribution in [0.25, 0.3) is 0 Å². The van der Waals surface area contributed by atoms with Crippen molar-refractivity contribution in [2.75, 3.05) is 24.6 Å². The molecule has 1 aliphatic heterocycles. The van der Waals surface area contributed by atoms with Gasteiger partial charge in [0.2, 0.25) is 0 Å². The van der Waals surface area contributed by atoms with Gasteiger partial charge in [0.25, 0.3) is 0 Å². The van der Waals surface area contributed by atoms with Gasteiger partial charge >= 0.3 is 0 Å². The Morgan fingerprint density at radius 1 is 1.35 bits per heavy atom. The summed E-state index contributed by atoms with van der Waals surface area (Å²) in [5.74, 6) is 1.35. The second-order valence-electron chi connectivity index (χ2n) is 4.35. The van der Waals surface area contributed by atoms with Crippen LogP contribution in [0.5, 0.6) is 0 Å². The van der Waals surface area contributed by atoms with Crippen molar-refractivity contribution < 1.29 is 12.8 Å². The summed E-state index contributed by atoms with van der Waals surface area (Å²) in [5, 5.41) is 0. The molecule has 6 heteroatoms. The predicted molar refractivity (Wildman–Crippen MR) is 65.1 cm³/mol. The average Bonchev–Trinajstić information content (AvgIpc) is 2.65. The molecule has 1 fully saturated rings. The summed E-state index contributed by atoms with van der Waals surface area (Å²) < 4.78 is 28.2. The standard InChI is InChI=1S/C11H18N2O3S/c12-8-11-10(2-5-16-11)9-13-3-1-6-17(14,15)7-4-13/h2,5H,1,3-4,6-9,12H2. The van der Waals surface area contributed by atoms with E-state index in [4.69, 9.17) is 10.2 Å². The first kappa shape index (κ1) is 12.6. The molecule has 0 amide bonds. The first-order valence-electron chi connectivity index (χ1n) is 5.79. The Labute approximate surface area is 101 Å². The third-order valence-electron chi connectivity index (χ3n) is 3.07. The highest BCUT2D eigenvalue weighted by Gasteiger charge is 2.20. The van der Waals surface area contributed by atoms with E-state index in [9.17, 15) is 8.42 Å². The van der Waals surface area contributed by atoms with E-state index < -0.39 is 9.84 Å². The van der Waals surface area contributed by atoms with Crippen molar-refractivity contribution in [3.63, 3.8) is 0 Å². The maximum atomic E-state index is 11.5. The third-order valence-corrected chi connectivity index (χ3v) is 4.78. The minimum Gasteiger partial charge on any atom is -0.468 e. The van der Waals surface area contributed by atoms with Gasteiger partial charge in [-0.3, -0.25) is 4.90 Å². The molecule has 0 radical (unpaired) electrons. The maximum Gasteiger partial charge on any atom is 0.151 e. The summed E-state index contributed by atoms with van der Waals surface area (Å²) in [6.07, 6.45) is 2.34. The molecule has 2 rings (SSSR count). The minimum atomic E-state index is -2.84. The lowest BCUT2D eigenvalue weighted by Gasteiger charge is -2.18. The third kappa shape index (κ3) is 3.31. The molecule has 0 aromatic carbocycles. The lowest BCUT2D eigenvalue weighted by atomic mass is 10.2. The number of rotatable bonds is 3. The summed E-state index contributed by atoms with van der Waals surface area (Å²) in [6.45, 7) is 2.51. The summed E-state index contributed by atoms with van der Waals surface area (Å²) in [6, 6.07) is 1.90. The number of nitrogens with zero attached hydrogens (tertiary/aromatic N) is 1. The fourth-order valence-corrected chi connectivity index (χ4v) is 3.39. The van der Waals surface area contributed by atoms with Gasteiger partial charge in [-0.1, -0.05) is 0 Å². The van der Waals surface area contributed by atoms with Crippen molar-refractivity contribution in [2.45, 2.75) is 19.5 Å². The lowest BCUT2D eigenvalue weighted by Crippen LogP contribution is -2.27. The molecule has 0 spiro atoms. The van der Waals surface area contributed by atoms with E-state index >= 15 is 0 Å². The average molecular weight is 258 g/mol. The first-order chi connectivity index (χ1) is 8.11. The molecule has 0 unspecified atom stereocenters. The number of nitrogens with two attached hydrogens (primary N) is 1. The van der Waals surface area contributed by atoms with Crippen LogP contribution in [0.2, 0.25) is 0 Å². The van der Waals surface area contributed by atoms with Crippen LogP contribution in [-0.4, -0.2) is 37.9 Å². The van der Waals surface area contributed by atoms with E-state index in [1.165, 1.54) is 0 Å². The summed E-state index contributed by atoms with van der Waals surface area (Å²) in [7, 11) is -2.84. The van der Waals surface area contributed by atoms with Crippen LogP contribution in [0.15, 0.2) is 16.7 Å². The zero-order chi connectivity index (χ0) is 12.3. The summed E-state index contributed by atoms with van der Waals surface area (Å²) in [5.41, 5.74) is 6.63. The molecule has 5 nitrogen and oxygen atoms in total. The molecule has 2 heterocycles. The smallest absolute Gasteiger partial charge is 0.151 e. The quantitative estimate of drug-likeness (QED) is 0.847. The maximum absolute atomic E-state index is 11.5. The number of hydrogen-bond acceptors (Lipinski definition) is 5. The molecular formula is C11H18N2O3S. The molecule has 1 saturated heterocycles. The van der Waals surface area contributed by atoms with Crippen molar-refractivity contribution in [3.05, 3.63) is 23.7 Å². The predicted octanol–water partition coefficient (Wildman–Crippen LogP) is 0.359. The van der Waals surface area contributed by atoms with Gasteiger partial charge in [-0.15, -0.1) is 0 Å². The SMILES string of the molecule is NCc1occc1CN1CCCS(=O)(=O)CC1. The molecule has 0 aliphatic carbocycles. The zero-order valence-electron chi connectivity index (χ0n) is 9.76. The number of hydrogen-bond donors (Lipinski definition) is 1. The summed E-state index contributed by atoms with van der Waals surface area (Å²) in [4.78, 5) is 2.15. The fraction of sp³-hybridized carbons (Fsp3) is 0.636. The number of furan rings is 1. The van der Waals surface area contributed by atoms with Crippen LogP contribution in [0.4, 0.5) is 0 Å². The molecule has 1 aromatic heterocycles. The normalized spacial score (nSPS) is 21.2. The molecule has 17 heavy (non-hydrogen) atoms. The van der Waals surface area contributed by atoms with Gasteiger partial charge in [-0.25, -0.2) is 8.42 Å². The van der Waals surface area contributed by atoms with Crippen LogP contribution in [0.1, 0.15) is 17.7 Å². The minimum absolute atomic E-state index is 0.253. The van der Waals surface area contributed by atoms with Crippen LogP contribution >= 0.6 is 0 Å². The Kier molecular flexibility index (Phi) is 3.86. The van der Waals surface area contributed by atoms with Gasteiger partial charge in [0, 0.05) is 18.7 Å². The van der Waals surface area contributed by atoms with Crippen molar-refractivity contribution >= 4 is 9.84 Å². The monoisotopic (exact) mass is 258 g/mol. The molecule has 0 saturated carbocycles. The lowest BCUT2D eigenvalue weighted by molar-refractivity contribution is 0.284. The Balaban J connectivity index is 2.00. The van der Waals surface area contributed by atoms with Crippen LogP contribution in [-0.2, 0) is 22.9 Å². The van der Waals surface area contributed by atoms with Gasteiger partial charge in [0.1, 0.15) is 5.76 Å². The zero-order valence-corrected chi connectivity index (χ0v) is 10.6. The van der Waals surface area contributed by atoms with Gasteiger partial charge in [-0.2, -0.15) is 0 Å². The Morgan fingerprint density at radius 2 is 2.18 bits per heavy atom. The second-order valence-corrected chi connectivity index (χ2v) is 6.66. The molecule has 1 aliphatic rings. The fourth-order valence-electron chi connectivity index (χ4n) is 2.08. The van der Waals surface area contributed by atoms with Gasteiger partial charge in [0.05, 0.1) is 24.3 Å². The first-order valence-corrected chi connectivity index (χ1v) is 7.61. The van der Waals surface area contributed by atoms with E-state index in [1.54, 1.807) is 6.26 Å². The topological polar surface area (TPSA) is 76.5 Å². The van der Waals surface area contributed by atoms with E-state index in [2.05, 4.69) is 4.90 Å². The van der Waals surface area contributed by atoms with Crippen molar-refractivity contribution in [1.82, 2.24) is 4.90 Å². The number of sulfone groups is 1. The molecule has 1 aromatic rings. The van der Waals surface area contributed by atoms with Crippen molar-refractivity contribution in [1.29, 1.82) is 0 Å². The van der Waals surface area contributed by atoms with Crippen LogP contribution < -0.4 is 5.73 Å². The highest BCUT2D eigenvalue weighted by atomic mass is 32.2. The molecule has 96 valence electrons. The second kappa shape index (κ2) is 5.20. The highest BCUT2D eigenvalue weighted by molar-refractivity contribution is 7.91. The van der Waals surface area contributed by atoms with Crippen LogP contribution in [0.3, 0.4) is 0 Å². The van der Waals surface area contributed by atoms with E-state index in [0.29, 0.717) is 25.3 Å². The Bertz CT molecular complexity index is 467. The largest absolute Gasteiger partial charge is 0.468 e. The highest BCUT2D eigenvalue weighted by Crippen LogP contribution is 2.14. The van der Waals surface area contributed by atoms with Gasteiger partial charge in [0.15, 0.2) is 9.84 Å².